The van der Waals surface area contributed by atoms with Crippen molar-refractivity contribution in [3.63, 3.8) is 0 Å². The number of hydrogen-bond donors (Lipinski definition) is 1. The molecule has 0 spiro atoms. The Kier molecular flexibility index (Phi) is 4.49. The molecular weight excluding hydrogens is 268 g/mol. The van der Waals surface area contributed by atoms with Crippen molar-refractivity contribution in [2.75, 3.05) is 13.1 Å². The highest BCUT2D eigenvalue weighted by molar-refractivity contribution is 5.15. The zero-order valence-corrected chi connectivity index (χ0v) is 13.7. The standard InChI is InChI=1S/C20H30N2/c1-3-7-16(8-4-1)14-22-15-19(17-11-12-17)21-13-20(22)18-9-5-2-6-10-18/h1,3-4,7-8,17-21H,2,5-6,9-15H2. The minimum atomic E-state index is 0.753. The van der Waals surface area contributed by atoms with Crippen LogP contribution in [0.15, 0.2) is 30.3 Å². The van der Waals surface area contributed by atoms with Crippen LogP contribution in [0.4, 0.5) is 0 Å². The smallest absolute Gasteiger partial charge is 0.0253 e. The average molecular weight is 298 g/mol. The lowest BCUT2D eigenvalue weighted by Gasteiger charge is -2.45. The molecule has 3 fully saturated rings. The lowest BCUT2D eigenvalue weighted by Crippen LogP contribution is -2.59. The van der Waals surface area contributed by atoms with E-state index in [0.717, 1.165) is 30.5 Å². The zero-order chi connectivity index (χ0) is 14.8. The van der Waals surface area contributed by atoms with Crippen molar-refractivity contribution in [1.29, 1.82) is 0 Å². The SMILES string of the molecule is c1ccc(CN2CC(C3CC3)NCC2C2CCCCC2)cc1. The second-order valence-electron chi connectivity index (χ2n) is 7.73. The Morgan fingerprint density at radius 2 is 1.68 bits per heavy atom. The quantitative estimate of drug-likeness (QED) is 0.909. The molecule has 22 heavy (non-hydrogen) atoms. The molecule has 2 aliphatic carbocycles. The van der Waals surface area contributed by atoms with E-state index in [1.165, 1.54) is 63.6 Å². The monoisotopic (exact) mass is 298 g/mol. The summed E-state index contributed by atoms with van der Waals surface area (Å²) in [5.74, 6) is 1.88. The molecule has 2 saturated carbocycles. The van der Waals surface area contributed by atoms with Crippen molar-refractivity contribution < 1.29 is 0 Å². The van der Waals surface area contributed by atoms with Crippen molar-refractivity contribution >= 4 is 0 Å². The van der Waals surface area contributed by atoms with Crippen molar-refractivity contribution in [2.24, 2.45) is 11.8 Å². The fourth-order valence-corrected chi connectivity index (χ4v) is 4.65. The zero-order valence-electron chi connectivity index (χ0n) is 13.7. The van der Waals surface area contributed by atoms with Crippen LogP contribution in [0, 0.1) is 11.8 Å². The largest absolute Gasteiger partial charge is 0.311 e. The molecular formula is C20H30N2. The van der Waals surface area contributed by atoms with Crippen LogP contribution >= 0.6 is 0 Å². The highest BCUT2D eigenvalue weighted by atomic mass is 15.2. The van der Waals surface area contributed by atoms with Gasteiger partial charge in [-0.2, -0.15) is 0 Å². The molecule has 1 saturated heterocycles. The Bertz CT molecular complexity index is 462. The number of nitrogens with one attached hydrogen (secondary N) is 1. The summed E-state index contributed by atoms with van der Waals surface area (Å²) in [6.45, 7) is 3.63. The van der Waals surface area contributed by atoms with Gasteiger partial charge in [-0.25, -0.2) is 0 Å². The maximum atomic E-state index is 3.90. The topological polar surface area (TPSA) is 15.3 Å². The van der Waals surface area contributed by atoms with E-state index in [0.29, 0.717) is 0 Å². The molecule has 3 aliphatic rings. The lowest BCUT2D eigenvalue weighted by atomic mass is 9.81. The minimum Gasteiger partial charge on any atom is -0.311 e. The van der Waals surface area contributed by atoms with Gasteiger partial charge in [0.25, 0.3) is 0 Å². The van der Waals surface area contributed by atoms with Crippen LogP contribution in [-0.2, 0) is 6.54 Å². The minimum absolute atomic E-state index is 0.753. The van der Waals surface area contributed by atoms with Gasteiger partial charge >= 0.3 is 0 Å². The van der Waals surface area contributed by atoms with Gasteiger partial charge in [0.15, 0.2) is 0 Å². The predicted molar refractivity (Wildman–Crippen MR) is 91.7 cm³/mol. The second-order valence-corrected chi connectivity index (χ2v) is 7.73. The van der Waals surface area contributed by atoms with E-state index in [-0.39, 0.29) is 0 Å². The van der Waals surface area contributed by atoms with Gasteiger partial charge in [-0.15, -0.1) is 0 Å². The van der Waals surface area contributed by atoms with Crippen molar-refractivity contribution in [2.45, 2.75) is 63.6 Å². The van der Waals surface area contributed by atoms with Crippen LogP contribution in [0.5, 0.6) is 0 Å². The van der Waals surface area contributed by atoms with E-state index in [4.69, 9.17) is 0 Å². The lowest BCUT2D eigenvalue weighted by molar-refractivity contribution is 0.0607. The molecule has 120 valence electrons. The summed E-state index contributed by atoms with van der Waals surface area (Å²) in [4.78, 5) is 2.82. The molecule has 1 N–H and O–H groups in total. The molecule has 2 unspecified atom stereocenters. The van der Waals surface area contributed by atoms with Gasteiger partial charge in [0.05, 0.1) is 0 Å². The summed E-state index contributed by atoms with van der Waals surface area (Å²) >= 11 is 0. The molecule has 1 aromatic carbocycles. The third-order valence-corrected chi connectivity index (χ3v) is 6.10. The average Bonchev–Trinajstić information content (AvgIpc) is 3.42. The maximum Gasteiger partial charge on any atom is 0.0253 e. The molecule has 2 atom stereocenters. The van der Waals surface area contributed by atoms with Crippen LogP contribution in [0.25, 0.3) is 0 Å². The first kappa shape index (κ1) is 14.7. The van der Waals surface area contributed by atoms with Crippen molar-refractivity contribution in [1.82, 2.24) is 10.2 Å². The summed E-state index contributed by atoms with van der Waals surface area (Å²) in [7, 11) is 0. The predicted octanol–water partition coefficient (Wildman–Crippen LogP) is 3.82. The third kappa shape index (κ3) is 3.38. The van der Waals surface area contributed by atoms with E-state index in [1.54, 1.807) is 0 Å². The van der Waals surface area contributed by atoms with Crippen LogP contribution in [0.2, 0.25) is 0 Å². The summed E-state index contributed by atoms with van der Waals surface area (Å²) in [5, 5.41) is 3.90. The Balaban J connectivity index is 1.47. The van der Waals surface area contributed by atoms with Gasteiger partial charge in [0.2, 0.25) is 0 Å². The fraction of sp³-hybridized carbons (Fsp3) is 0.700. The molecule has 1 aliphatic heterocycles. The second kappa shape index (κ2) is 6.72. The van der Waals surface area contributed by atoms with Crippen LogP contribution < -0.4 is 5.32 Å². The third-order valence-electron chi connectivity index (χ3n) is 6.10. The Morgan fingerprint density at radius 3 is 2.41 bits per heavy atom. The highest BCUT2D eigenvalue weighted by Gasteiger charge is 2.39. The molecule has 4 rings (SSSR count). The number of piperazine rings is 1. The van der Waals surface area contributed by atoms with E-state index in [2.05, 4.69) is 40.5 Å². The Labute approximate surface area is 135 Å². The normalized spacial score (nSPS) is 31.3. The number of benzene rings is 1. The van der Waals surface area contributed by atoms with Gasteiger partial charge in [-0.3, -0.25) is 4.90 Å². The first-order chi connectivity index (χ1) is 10.9. The first-order valence-electron chi connectivity index (χ1n) is 9.41. The summed E-state index contributed by atoms with van der Waals surface area (Å²) in [6.07, 6.45) is 10.2. The summed E-state index contributed by atoms with van der Waals surface area (Å²) in [6, 6.07) is 12.6. The molecule has 0 bridgehead atoms. The molecule has 0 amide bonds. The van der Waals surface area contributed by atoms with Crippen LogP contribution in [0.1, 0.15) is 50.5 Å². The molecule has 2 nitrogen and oxygen atoms in total. The van der Waals surface area contributed by atoms with Crippen molar-refractivity contribution in [3.8, 4) is 0 Å². The molecule has 2 heteroatoms. The van der Waals surface area contributed by atoms with E-state index < -0.39 is 0 Å². The summed E-state index contributed by atoms with van der Waals surface area (Å²) < 4.78 is 0. The van der Waals surface area contributed by atoms with Gasteiger partial charge in [-0.1, -0.05) is 49.6 Å². The van der Waals surface area contributed by atoms with E-state index >= 15 is 0 Å². The first-order valence-corrected chi connectivity index (χ1v) is 9.41. The number of rotatable bonds is 4. The van der Waals surface area contributed by atoms with Crippen molar-refractivity contribution in [3.05, 3.63) is 35.9 Å². The van der Waals surface area contributed by atoms with Gasteiger partial charge < -0.3 is 5.32 Å². The molecule has 0 aromatic heterocycles. The summed E-state index contributed by atoms with van der Waals surface area (Å²) in [5.41, 5.74) is 1.49. The Morgan fingerprint density at radius 1 is 0.909 bits per heavy atom. The van der Waals surface area contributed by atoms with Gasteiger partial charge in [-0.05, 0) is 43.1 Å². The molecule has 0 radical (unpaired) electrons. The number of hydrogen-bond acceptors (Lipinski definition) is 2. The molecule has 1 heterocycles. The fourth-order valence-electron chi connectivity index (χ4n) is 4.65. The van der Waals surface area contributed by atoms with Crippen LogP contribution in [0.3, 0.4) is 0 Å². The maximum absolute atomic E-state index is 3.90. The Hall–Kier alpha value is -0.860. The van der Waals surface area contributed by atoms with Gasteiger partial charge in [0, 0.05) is 31.7 Å². The van der Waals surface area contributed by atoms with Crippen LogP contribution in [-0.4, -0.2) is 30.1 Å². The highest BCUT2D eigenvalue weighted by Crippen LogP contribution is 2.37. The van der Waals surface area contributed by atoms with E-state index in [1.807, 2.05) is 0 Å². The number of nitrogens with zero attached hydrogens (tertiary/aromatic N) is 1. The van der Waals surface area contributed by atoms with Gasteiger partial charge in [0.1, 0.15) is 0 Å². The van der Waals surface area contributed by atoms with E-state index in [9.17, 15) is 0 Å². The molecule has 1 aromatic rings.